The van der Waals surface area contributed by atoms with E-state index in [9.17, 15) is 4.79 Å². The van der Waals surface area contributed by atoms with Gasteiger partial charge in [-0.05, 0) is 29.2 Å². The zero-order valence-corrected chi connectivity index (χ0v) is 13.1. The third kappa shape index (κ3) is 2.31. The molecule has 112 valence electrons. The smallest absolute Gasteiger partial charge is 0.224 e. The van der Waals surface area contributed by atoms with Crippen LogP contribution >= 0.6 is 0 Å². The van der Waals surface area contributed by atoms with E-state index < -0.39 is 0 Å². The Hall–Kier alpha value is -1.88. The Balaban J connectivity index is 2.16. The van der Waals surface area contributed by atoms with Crippen LogP contribution in [0, 0.1) is 5.92 Å². The summed E-state index contributed by atoms with van der Waals surface area (Å²) in [6, 6.07) is 4.16. The van der Waals surface area contributed by atoms with E-state index >= 15 is 0 Å². The quantitative estimate of drug-likeness (QED) is 0.898. The molecule has 0 radical (unpaired) electrons. The molecular formula is C16H22N4O. The molecule has 0 aliphatic carbocycles. The predicted octanol–water partition coefficient (Wildman–Crippen LogP) is 1.68. The predicted molar refractivity (Wildman–Crippen MR) is 83.6 cm³/mol. The lowest BCUT2D eigenvalue weighted by molar-refractivity contribution is -0.121. The first-order valence-corrected chi connectivity index (χ1v) is 7.40. The largest absolute Gasteiger partial charge is 0.349 e. The van der Waals surface area contributed by atoms with Gasteiger partial charge in [0.25, 0.3) is 0 Å². The molecule has 0 saturated carbocycles. The van der Waals surface area contributed by atoms with Crippen LogP contribution in [0.15, 0.2) is 23.9 Å². The number of rotatable bonds is 2. The van der Waals surface area contributed by atoms with Crippen LogP contribution in [0.4, 0.5) is 5.82 Å². The fourth-order valence-electron chi connectivity index (χ4n) is 3.20. The minimum absolute atomic E-state index is 0.0773. The van der Waals surface area contributed by atoms with E-state index in [4.69, 9.17) is 0 Å². The van der Waals surface area contributed by atoms with Crippen LogP contribution in [0.5, 0.6) is 0 Å². The van der Waals surface area contributed by atoms with Crippen molar-refractivity contribution in [1.82, 2.24) is 15.3 Å². The van der Waals surface area contributed by atoms with Crippen molar-refractivity contribution in [2.45, 2.75) is 26.3 Å². The number of anilines is 1. The number of hydrazine groups is 1. The summed E-state index contributed by atoms with van der Waals surface area (Å²) in [6.45, 7) is 5.04. The molecule has 1 amide bonds. The Morgan fingerprint density at radius 1 is 1.43 bits per heavy atom. The Bertz CT molecular complexity index is 606. The number of hydrogen-bond acceptors (Lipinski definition) is 4. The average molecular weight is 286 g/mol. The first-order valence-electron chi connectivity index (χ1n) is 7.40. The van der Waals surface area contributed by atoms with Crippen LogP contribution in [-0.2, 0) is 4.79 Å². The van der Waals surface area contributed by atoms with Crippen molar-refractivity contribution in [2.24, 2.45) is 5.92 Å². The lowest BCUT2D eigenvalue weighted by atomic mass is 9.81. The number of fused-ring (bicyclic) bond motifs is 2. The Kier molecular flexibility index (Phi) is 3.45. The number of carbonyl (C=O) groups is 1. The summed E-state index contributed by atoms with van der Waals surface area (Å²) >= 11 is 0. The monoisotopic (exact) mass is 286 g/mol. The van der Waals surface area contributed by atoms with Crippen LogP contribution in [0.3, 0.4) is 0 Å². The molecule has 0 saturated heterocycles. The van der Waals surface area contributed by atoms with E-state index in [1.54, 1.807) is 0 Å². The van der Waals surface area contributed by atoms with E-state index in [1.165, 1.54) is 11.1 Å². The summed E-state index contributed by atoms with van der Waals surface area (Å²) in [5.74, 6) is 1.46. The van der Waals surface area contributed by atoms with Crippen molar-refractivity contribution < 1.29 is 4.79 Å². The van der Waals surface area contributed by atoms with Gasteiger partial charge >= 0.3 is 0 Å². The molecule has 5 heteroatoms. The second kappa shape index (κ2) is 5.15. The summed E-state index contributed by atoms with van der Waals surface area (Å²) in [5, 5.41) is 7.31. The van der Waals surface area contributed by atoms with Crippen LogP contribution in [0.2, 0.25) is 0 Å². The maximum atomic E-state index is 12.0. The molecule has 21 heavy (non-hydrogen) atoms. The number of hydrogen-bond donors (Lipinski definition) is 1. The number of amides is 1. The van der Waals surface area contributed by atoms with E-state index in [1.807, 2.05) is 31.4 Å². The minimum Gasteiger partial charge on any atom is -0.349 e. The zero-order valence-electron chi connectivity index (χ0n) is 13.1. The number of nitrogens with one attached hydrogen (secondary N) is 1. The fraction of sp³-hybridized carbons (Fsp3) is 0.500. The van der Waals surface area contributed by atoms with Crippen LogP contribution < -0.4 is 10.3 Å². The second-order valence-corrected chi connectivity index (χ2v) is 6.26. The maximum Gasteiger partial charge on any atom is 0.224 e. The molecule has 0 bridgehead atoms. The van der Waals surface area contributed by atoms with Gasteiger partial charge in [0.15, 0.2) is 5.82 Å². The highest BCUT2D eigenvalue weighted by Crippen LogP contribution is 2.40. The number of pyridine rings is 1. The molecule has 1 N–H and O–H groups in total. The summed E-state index contributed by atoms with van der Waals surface area (Å²) in [6.07, 6.45) is 2.31. The van der Waals surface area contributed by atoms with Gasteiger partial charge in [-0.3, -0.25) is 9.80 Å². The molecule has 1 unspecified atom stereocenters. The summed E-state index contributed by atoms with van der Waals surface area (Å²) in [5.41, 5.74) is 3.63. The first kappa shape index (κ1) is 14.1. The molecule has 0 spiro atoms. The zero-order chi connectivity index (χ0) is 15.1. The number of nitrogens with zero attached hydrogens (tertiary/aromatic N) is 3. The molecule has 1 atom stereocenters. The SMILES string of the molecule is CC(C)C1NC(=O)CC2=C1c1cccnc1N(N(C)C)C2. The summed E-state index contributed by atoms with van der Waals surface area (Å²) in [7, 11) is 4.01. The van der Waals surface area contributed by atoms with Gasteiger partial charge in [-0.25, -0.2) is 9.99 Å². The molecule has 2 aliphatic heterocycles. The Morgan fingerprint density at radius 2 is 2.19 bits per heavy atom. The highest BCUT2D eigenvalue weighted by atomic mass is 16.1. The Morgan fingerprint density at radius 3 is 2.86 bits per heavy atom. The fourth-order valence-corrected chi connectivity index (χ4v) is 3.20. The molecular weight excluding hydrogens is 264 g/mol. The van der Waals surface area contributed by atoms with E-state index in [0.717, 1.165) is 17.9 Å². The third-order valence-corrected chi connectivity index (χ3v) is 4.19. The van der Waals surface area contributed by atoms with Crippen molar-refractivity contribution >= 4 is 17.3 Å². The molecule has 1 aromatic rings. The molecule has 3 heterocycles. The van der Waals surface area contributed by atoms with Crippen molar-refractivity contribution in [3.05, 3.63) is 29.5 Å². The van der Waals surface area contributed by atoms with Crippen LogP contribution in [-0.4, -0.2) is 42.6 Å². The van der Waals surface area contributed by atoms with Gasteiger partial charge in [-0.1, -0.05) is 13.8 Å². The number of carbonyl (C=O) groups excluding carboxylic acids is 1. The van der Waals surface area contributed by atoms with Gasteiger partial charge in [0.05, 0.1) is 19.0 Å². The van der Waals surface area contributed by atoms with Crippen molar-refractivity contribution in [3.63, 3.8) is 0 Å². The van der Waals surface area contributed by atoms with Gasteiger partial charge in [-0.2, -0.15) is 0 Å². The van der Waals surface area contributed by atoms with E-state index in [2.05, 4.69) is 35.2 Å². The first-order chi connectivity index (χ1) is 9.99. The maximum absolute atomic E-state index is 12.0. The van der Waals surface area contributed by atoms with Gasteiger partial charge in [0.1, 0.15) is 0 Å². The van der Waals surface area contributed by atoms with Gasteiger partial charge in [-0.15, -0.1) is 0 Å². The van der Waals surface area contributed by atoms with Gasteiger partial charge in [0, 0.05) is 25.9 Å². The summed E-state index contributed by atoms with van der Waals surface area (Å²) in [4.78, 5) is 16.6. The molecule has 0 aromatic carbocycles. The molecule has 0 fully saturated rings. The van der Waals surface area contributed by atoms with Crippen molar-refractivity contribution in [2.75, 3.05) is 25.6 Å². The molecule has 2 aliphatic rings. The normalized spacial score (nSPS) is 21.5. The van der Waals surface area contributed by atoms with Gasteiger partial charge < -0.3 is 5.32 Å². The van der Waals surface area contributed by atoms with Crippen molar-refractivity contribution in [1.29, 1.82) is 0 Å². The van der Waals surface area contributed by atoms with Gasteiger partial charge in [0.2, 0.25) is 5.91 Å². The molecule has 1 aromatic heterocycles. The van der Waals surface area contributed by atoms with Crippen LogP contribution in [0.25, 0.3) is 5.57 Å². The highest BCUT2D eigenvalue weighted by Gasteiger charge is 2.36. The third-order valence-electron chi connectivity index (χ3n) is 4.19. The lowest BCUT2D eigenvalue weighted by Crippen LogP contribution is -2.49. The van der Waals surface area contributed by atoms with Crippen LogP contribution in [0.1, 0.15) is 25.8 Å². The van der Waals surface area contributed by atoms with E-state index in [0.29, 0.717) is 12.3 Å². The standard InChI is InChI=1S/C16H22N4O/c1-10(2)15-14-11(8-13(21)18-15)9-20(19(3)4)16-12(14)6-5-7-17-16/h5-7,10,15H,8-9H2,1-4H3,(H,18,21). The lowest BCUT2D eigenvalue weighted by Gasteiger charge is -2.41. The summed E-state index contributed by atoms with van der Waals surface area (Å²) < 4.78 is 0. The molecule has 5 nitrogen and oxygen atoms in total. The minimum atomic E-state index is 0.0773. The second-order valence-electron chi connectivity index (χ2n) is 6.26. The number of aromatic nitrogens is 1. The molecule has 3 rings (SSSR count). The van der Waals surface area contributed by atoms with Crippen molar-refractivity contribution in [3.8, 4) is 0 Å². The average Bonchev–Trinajstić information content (AvgIpc) is 2.44. The highest BCUT2D eigenvalue weighted by molar-refractivity contribution is 5.93. The topological polar surface area (TPSA) is 48.5 Å². The van der Waals surface area contributed by atoms with E-state index in [-0.39, 0.29) is 11.9 Å². The Labute approximate surface area is 125 Å².